The summed E-state index contributed by atoms with van der Waals surface area (Å²) in [6.07, 6.45) is 0. The van der Waals surface area contributed by atoms with Gasteiger partial charge in [0.2, 0.25) is 0 Å². The molecular weight excluding hydrogens is 177 g/mol. The maximum atomic E-state index is 0. The maximum absolute atomic E-state index is 0. The summed E-state index contributed by atoms with van der Waals surface area (Å²) < 4.78 is 0. The van der Waals surface area contributed by atoms with Crippen molar-refractivity contribution in [3.05, 3.63) is 0 Å². The standard InChI is InChI=1S/CH4.3Mn/h1H4;;;. The molecule has 0 aromatic heterocycles. The van der Waals surface area contributed by atoms with Crippen LogP contribution in [-0.4, -0.2) is 0 Å². The van der Waals surface area contributed by atoms with E-state index in [4.69, 9.17) is 0 Å². The summed E-state index contributed by atoms with van der Waals surface area (Å²) in [6.45, 7) is 0. The van der Waals surface area contributed by atoms with E-state index in [-0.39, 0.29) is 58.6 Å². The Hall–Kier alpha value is 1.56. The van der Waals surface area contributed by atoms with E-state index in [9.17, 15) is 0 Å². The van der Waals surface area contributed by atoms with Gasteiger partial charge in [0.25, 0.3) is 0 Å². The zero-order valence-electron chi connectivity index (χ0n) is 1.13. The molecule has 0 bridgehead atoms. The van der Waals surface area contributed by atoms with Crippen LogP contribution in [0.25, 0.3) is 0 Å². The van der Waals surface area contributed by atoms with Gasteiger partial charge in [-0.1, -0.05) is 7.43 Å². The summed E-state index contributed by atoms with van der Waals surface area (Å²) in [4.78, 5) is 0. The van der Waals surface area contributed by atoms with Crippen LogP contribution in [0.4, 0.5) is 0 Å². The Morgan fingerprint density at radius 1 is 0.500 bits per heavy atom. The molecule has 4 heavy (non-hydrogen) atoms. The van der Waals surface area contributed by atoms with E-state index in [1.165, 1.54) is 0 Å². The molecule has 0 aromatic rings. The van der Waals surface area contributed by atoms with Crippen LogP contribution in [0.1, 0.15) is 7.43 Å². The molecule has 0 aliphatic heterocycles. The Bertz CT molecular complexity index is 3.25. The first-order valence-corrected chi connectivity index (χ1v) is 0. The number of hydrogen-bond acceptors (Lipinski definition) is 0. The van der Waals surface area contributed by atoms with Crippen molar-refractivity contribution in [3.8, 4) is 0 Å². The zero-order chi connectivity index (χ0) is 0. The molecule has 3 radical (unpaired) electrons. The van der Waals surface area contributed by atoms with Crippen LogP contribution in [0.3, 0.4) is 0 Å². The van der Waals surface area contributed by atoms with Gasteiger partial charge in [-0.3, -0.25) is 0 Å². The topological polar surface area (TPSA) is 0 Å². The molecule has 0 nitrogen and oxygen atoms in total. The van der Waals surface area contributed by atoms with E-state index in [1.807, 2.05) is 0 Å². The quantitative estimate of drug-likeness (QED) is 0.480. The largest absolute Gasteiger partial charge is 0.0776 e. The van der Waals surface area contributed by atoms with E-state index in [2.05, 4.69) is 0 Å². The van der Waals surface area contributed by atoms with Gasteiger partial charge in [0.05, 0.1) is 0 Å². The average molecular weight is 181 g/mol. The zero-order valence-corrected chi connectivity index (χ0v) is 4.68. The van der Waals surface area contributed by atoms with Crippen molar-refractivity contribution in [2.45, 2.75) is 7.43 Å². The molecule has 29 valence electrons. The van der Waals surface area contributed by atoms with E-state index in [0.29, 0.717) is 0 Å². The Morgan fingerprint density at radius 2 is 0.500 bits per heavy atom. The maximum Gasteiger partial charge on any atom is 0 e. The number of rotatable bonds is 0. The van der Waals surface area contributed by atoms with Crippen molar-refractivity contribution < 1.29 is 51.2 Å². The normalized spacial score (nSPS) is 0. The first-order chi connectivity index (χ1) is 0. The Morgan fingerprint density at radius 3 is 0.500 bits per heavy atom. The van der Waals surface area contributed by atoms with Gasteiger partial charge in [-0.25, -0.2) is 0 Å². The monoisotopic (exact) mass is 181 g/mol. The first-order valence-electron chi connectivity index (χ1n) is 0. The van der Waals surface area contributed by atoms with Crippen LogP contribution in [0.2, 0.25) is 0 Å². The molecule has 0 saturated heterocycles. The van der Waals surface area contributed by atoms with Crippen molar-refractivity contribution in [2.75, 3.05) is 0 Å². The first kappa shape index (κ1) is 47.6. The van der Waals surface area contributed by atoms with Crippen LogP contribution in [-0.2, 0) is 51.2 Å². The minimum atomic E-state index is 0. The summed E-state index contributed by atoms with van der Waals surface area (Å²) in [7, 11) is 0. The van der Waals surface area contributed by atoms with Gasteiger partial charge in [-0.05, 0) is 0 Å². The Balaban J connectivity index is 0. The molecule has 0 aliphatic rings. The Kier molecular flexibility index (Phi) is 283. The van der Waals surface area contributed by atoms with E-state index in [1.54, 1.807) is 0 Å². The van der Waals surface area contributed by atoms with Crippen molar-refractivity contribution in [2.24, 2.45) is 0 Å². The van der Waals surface area contributed by atoms with Crippen LogP contribution < -0.4 is 0 Å². The summed E-state index contributed by atoms with van der Waals surface area (Å²) in [5.74, 6) is 0. The van der Waals surface area contributed by atoms with Gasteiger partial charge in [0.1, 0.15) is 0 Å². The second-order valence-corrected chi connectivity index (χ2v) is 0. The van der Waals surface area contributed by atoms with Gasteiger partial charge in [0.15, 0.2) is 0 Å². The van der Waals surface area contributed by atoms with Gasteiger partial charge in [-0.15, -0.1) is 0 Å². The fourth-order valence-electron chi connectivity index (χ4n) is 0. The van der Waals surface area contributed by atoms with Crippen molar-refractivity contribution in [1.82, 2.24) is 0 Å². The Labute approximate surface area is 58.5 Å². The minimum Gasteiger partial charge on any atom is -0.0776 e. The fourth-order valence-corrected chi connectivity index (χ4v) is 0. The molecule has 0 aromatic carbocycles. The SMILES string of the molecule is C.[Mn].[Mn].[Mn]. The van der Waals surface area contributed by atoms with E-state index in [0.717, 1.165) is 0 Å². The molecular formula is CH4Mn3. The van der Waals surface area contributed by atoms with Gasteiger partial charge < -0.3 is 0 Å². The van der Waals surface area contributed by atoms with Crippen molar-refractivity contribution in [1.29, 1.82) is 0 Å². The van der Waals surface area contributed by atoms with E-state index >= 15 is 0 Å². The molecule has 0 atom stereocenters. The molecule has 0 amide bonds. The number of hydrogen-bond donors (Lipinski definition) is 0. The van der Waals surface area contributed by atoms with Crippen LogP contribution in [0, 0.1) is 0 Å². The van der Waals surface area contributed by atoms with Crippen molar-refractivity contribution >= 4 is 0 Å². The van der Waals surface area contributed by atoms with Crippen LogP contribution in [0.15, 0.2) is 0 Å². The molecule has 0 N–H and O–H groups in total. The molecule has 0 unspecified atom stereocenters. The third-order valence-electron chi connectivity index (χ3n) is 0. The summed E-state index contributed by atoms with van der Waals surface area (Å²) in [5.41, 5.74) is 0. The minimum absolute atomic E-state index is 0. The average Bonchev–Trinajstić information content (AvgIpc) is 0. The second kappa shape index (κ2) is 23.8. The predicted octanol–water partition coefficient (Wildman–Crippen LogP) is 0.629. The smallest absolute Gasteiger partial charge is 0 e. The molecule has 0 spiro atoms. The van der Waals surface area contributed by atoms with Gasteiger partial charge in [-0.2, -0.15) is 0 Å². The molecule has 0 fully saturated rings. The predicted molar refractivity (Wildman–Crippen MR) is 6.73 cm³/mol. The summed E-state index contributed by atoms with van der Waals surface area (Å²) >= 11 is 0. The molecule has 3 heteroatoms. The van der Waals surface area contributed by atoms with Crippen LogP contribution >= 0.6 is 0 Å². The molecule has 0 heterocycles. The van der Waals surface area contributed by atoms with E-state index < -0.39 is 0 Å². The van der Waals surface area contributed by atoms with Gasteiger partial charge >= 0.3 is 0 Å². The molecule has 0 aliphatic carbocycles. The fraction of sp³-hybridized carbons (Fsp3) is 1.00. The third kappa shape index (κ3) is 9.59. The van der Waals surface area contributed by atoms with Crippen LogP contribution in [0.5, 0.6) is 0 Å². The third-order valence-corrected chi connectivity index (χ3v) is 0. The summed E-state index contributed by atoms with van der Waals surface area (Å²) in [6, 6.07) is 0. The molecule has 0 saturated carbocycles. The van der Waals surface area contributed by atoms with Gasteiger partial charge in [0, 0.05) is 51.2 Å². The molecule has 0 rings (SSSR count). The second-order valence-electron chi connectivity index (χ2n) is 0. The summed E-state index contributed by atoms with van der Waals surface area (Å²) in [5, 5.41) is 0. The van der Waals surface area contributed by atoms with Crippen molar-refractivity contribution in [3.63, 3.8) is 0 Å².